The van der Waals surface area contributed by atoms with E-state index in [1.54, 1.807) is 6.92 Å². The first-order chi connectivity index (χ1) is 9.86. The molecule has 1 aromatic carbocycles. The van der Waals surface area contributed by atoms with Gasteiger partial charge in [-0.05, 0) is 35.0 Å². The minimum atomic E-state index is -0.743. The molecule has 4 N–H and O–H groups in total. The van der Waals surface area contributed by atoms with E-state index in [1.165, 1.54) is 13.2 Å². The number of carbonyl (C=O) groups is 2. The Hall–Kier alpha value is -1.67. The maximum atomic E-state index is 13.2. The number of rotatable bonds is 6. The number of nitrogen functional groups attached to an aromatic ring is 1. The van der Waals surface area contributed by atoms with Crippen molar-refractivity contribution in [3.8, 4) is 0 Å². The highest BCUT2D eigenvalue weighted by molar-refractivity contribution is 9.10. The fourth-order valence-corrected chi connectivity index (χ4v) is 2.00. The van der Waals surface area contributed by atoms with E-state index < -0.39 is 17.8 Å². The van der Waals surface area contributed by atoms with Crippen LogP contribution in [0.4, 0.5) is 10.1 Å². The molecule has 0 radical (unpaired) electrons. The Bertz CT molecular complexity index is 540. The van der Waals surface area contributed by atoms with E-state index in [4.69, 9.17) is 10.5 Å². The molecule has 0 saturated carbocycles. The van der Waals surface area contributed by atoms with Gasteiger partial charge < -0.3 is 21.1 Å². The quantitative estimate of drug-likeness (QED) is 0.521. The maximum Gasteiger partial charge on any atom is 0.253 e. The summed E-state index contributed by atoms with van der Waals surface area (Å²) < 4.78 is 18.3. The number of nitrogens with two attached hydrogens (primary N) is 1. The summed E-state index contributed by atoms with van der Waals surface area (Å²) in [5.41, 5.74) is 5.45. The SMILES string of the molecule is COCCNC(=O)C(C)NC(=O)c1cc(N)c(F)cc1Br. The number of nitrogens with one attached hydrogen (secondary N) is 2. The van der Waals surface area contributed by atoms with Crippen molar-refractivity contribution in [2.45, 2.75) is 13.0 Å². The van der Waals surface area contributed by atoms with E-state index in [9.17, 15) is 14.0 Å². The smallest absolute Gasteiger partial charge is 0.253 e. The summed E-state index contributed by atoms with van der Waals surface area (Å²) in [6.07, 6.45) is 0. The number of hydrogen-bond donors (Lipinski definition) is 3. The van der Waals surface area contributed by atoms with Crippen LogP contribution in [0.5, 0.6) is 0 Å². The number of hydrogen-bond acceptors (Lipinski definition) is 4. The average Bonchev–Trinajstić information content (AvgIpc) is 2.42. The van der Waals surface area contributed by atoms with Crippen LogP contribution in [0.1, 0.15) is 17.3 Å². The van der Waals surface area contributed by atoms with Crippen LogP contribution < -0.4 is 16.4 Å². The zero-order valence-electron chi connectivity index (χ0n) is 11.7. The number of benzene rings is 1. The van der Waals surface area contributed by atoms with Gasteiger partial charge in [-0.1, -0.05) is 0 Å². The summed E-state index contributed by atoms with van der Waals surface area (Å²) in [4.78, 5) is 23.8. The highest BCUT2D eigenvalue weighted by Gasteiger charge is 2.19. The fraction of sp³-hybridized carbons (Fsp3) is 0.385. The minimum absolute atomic E-state index is 0.138. The van der Waals surface area contributed by atoms with Crippen molar-refractivity contribution in [2.75, 3.05) is 26.0 Å². The predicted molar refractivity (Wildman–Crippen MR) is 80.3 cm³/mol. The van der Waals surface area contributed by atoms with Crippen LogP contribution in [0.2, 0.25) is 0 Å². The molecule has 0 aliphatic heterocycles. The number of amides is 2. The van der Waals surface area contributed by atoms with Crippen molar-refractivity contribution in [1.29, 1.82) is 0 Å². The third-order valence-corrected chi connectivity index (χ3v) is 3.33. The zero-order chi connectivity index (χ0) is 16.0. The van der Waals surface area contributed by atoms with E-state index in [0.717, 1.165) is 6.07 Å². The van der Waals surface area contributed by atoms with Crippen molar-refractivity contribution >= 4 is 33.4 Å². The topological polar surface area (TPSA) is 93.5 Å². The van der Waals surface area contributed by atoms with Gasteiger partial charge in [0.1, 0.15) is 11.9 Å². The lowest BCUT2D eigenvalue weighted by molar-refractivity contribution is -0.122. The van der Waals surface area contributed by atoms with E-state index in [-0.39, 0.29) is 21.6 Å². The Morgan fingerprint density at radius 3 is 2.76 bits per heavy atom. The average molecular weight is 362 g/mol. The van der Waals surface area contributed by atoms with Gasteiger partial charge in [0.15, 0.2) is 0 Å². The first-order valence-corrected chi connectivity index (χ1v) is 6.98. The lowest BCUT2D eigenvalue weighted by Gasteiger charge is -2.15. The zero-order valence-corrected chi connectivity index (χ0v) is 13.3. The van der Waals surface area contributed by atoms with Crippen LogP contribution in [0.25, 0.3) is 0 Å². The number of carbonyl (C=O) groups excluding carboxylic acids is 2. The Labute approximate surface area is 130 Å². The second kappa shape index (κ2) is 7.94. The molecule has 0 fully saturated rings. The Morgan fingerprint density at radius 1 is 1.48 bits per heavy atom. The van der Waals surface area contributed by atoms with Gasteiger partial charge >= 0.3 is 0 Å². The van der Waals surface area contributed by atoms with Gasteiger partial charge in [0.2, 0.25) is 5.91 Å². The molecule has 0 aliphatic rings. The predicted octanol–water partition coefficient (Wildman–Crippen LogP) is 1.05. The molecule has 0 saturated heterocycles. The molecule has 0 aromatic heterocycles. The summed E-state index contributed by atoms with van der Waals surface area (Å²) in [7, 11) is 1.52. The molecule has 1 unspecified atom stereocenters. The van der Waals surface area contributed by atoms with E-state index in [1.807, 2.05) is 0 Å². The van der Waals surface area contributed by atoms with Gasteiger partial charge in [0.25, 0.3) is 5.91 Å². The number of halogens is 2. The third-order valence-electron chi connectivity index (χ3n) is 2.68. The van der Waals surface area contributed by atoms with Crippen molar-refractivity contribution in [2.24, 2.45) is 0 Å². The second-order valence-corrected chi connectivity index (χ2v) is 5.19. The highest BCUT2D eigenvalue weighted by atomic mass is 79.9. The molecular formula is C13H17BrFN3O3. The summed E-state index contributed by atoms with van der Waals surface area (Å²) >= 11 is 3.09. The van der Waals surface area contributed by atoms with Crippen LogP contribution in [0.3, 0.4) is 0 Å². The molecule has 1 aromatic rings. The first kappa shape index (κ1) is 17.4. The van der Waals surface area contributed by atoms with Crippen molar-refractivity contribution in [3.63, 3.8) is 0 Å². The molecule has 1 atom stereocenters. The minimum Gasteiger partial charge on any atom is -0.396 e. The first-order valence-electron chi connectivity index (χ1n) is 6.18. The van der Waals surface area contributed by atoms with E-state index in [2.05, 4.69) is 26.6 Å². The standard InChI is InChI=1S/C13H17BrFN3O3/c1-7(12(19)17-3-4-21-2)18-13(20)8-5-11(16)10(15)6-9(8)14/h5-7H,3-4,16H2,1-2H3,(H,17,19)(H,18,20). The molecule has 8 heteroatoms. The van der Waals surface area contributed by atoms with Crippen LogP contribution in [-0.2, 0) is 9.53 Å². The molecule has 0 heterocycles. The normalized spacial score (nSPS) is 11.8. The maximum absolute atomic E-state index is 13.2. The molecule has 21 heavy (non-hydrogen) atoms. The fourth-order valence-electron chi connectivity index (χ4n) is 1.51. The second-order valence-electron chi connectivity index (χ2n) is 4.33. The molecule has 2 amide bonds. The van der Waals surface area contributed by atoms with Gasteiger partial charge in [-0.2, -0.15) is 0 Å². The monoisotopic (exact) mass is 361 g/mol. The Kier molecular flexibility index (Phi) is 6.57. The largest absolute Gasteiger partial charge is 0.396 e. The molecule has 0 bridgehead atoms. The lowest BCUT2D eigenvalue weighted by atomic mass is 10.1. The van der Waals surface area contributed by atoms with Crippen LogP contribution in [0, 0.1) is 5.82 Å². The molecule has 1 rings (SSSR count). The van der Waals surface area contributed by atoms with E-state index in [0.29, 0.717) is 13.2 Å². The van der Waals surface area contributed by atoms with Crippen LogP contribution in [-0.4, -0.2) is 38.1 Å². The van der Waals surface area contributed by atoms with Crippen molar-refractivity contribution in [1.82, 2.24) is 10.6 Å². The van der Waals surface area contributed by atoms with Crippen molar-refractivity contribution < 1.29 is 18.7 Å². The third kappa shape index (κ3) is 4.98. The van der Waals surface area contributed by atoms with Gasteiger partial charge in [-0.25, -0.2) is 4.39 Å². The van der Waals surface area contributed by atoms with E-state index >= 15 is 0 Å². The molecule has 0 aliphatic carbocycles. The van der Waals surface area contributed by atoms with Crippen LogP contribution >= 0.6 is 15.9 Å². The van der Waals surface area contributed by atoms with Crippen LogP contribution in [0.15, 0.2) is 16.6 Å². The molecule has 116 valence electrons. The highest BCUT2D eigenvalue weighted by Crippen LogP contribution is 2.22. The van der Waals surface area contributed by atoms with Gasteiger partial charge in [-0.3, -0.25) is 9.59 Å². The number of ether oxygens (including phenoxy) is 1. The van der Waals surface area contributed by atoms with Gasteiger partial charge in [0, 0.05) is 18.1 Å². The number of anilines is 1. The molecular weight excluding hydrogens is 345 g/mol. The van der Waals surface area contributed by atoms with Crippen molar-refractivity contribution in [3.05, 3.63) is 28.0 Å². The lowest BCUT2D eigenvalue weighted by Crippen LogP contribution is -2.45. The Morgan fingerprint density at radius 2 is 2.14 bits per heavy atom. The van der Waals surface area contributed by atoms with Gasteiger partial charge in [-0.15, -0.1) is 0 Å². The summed E-state index contributed by atoms with van der Waals surface area (Å²) in [6, 6.07) is 1.57. The molecule has 0 spiro atoms. The summed E-state index contributed by atoms with van der Waals surface area (Å²) in [6.45, 7) is 2.27. The van der Waals surface area contributed by atoms with Gasteiger partial charge in [0.05, 0.1) is 17.9 Å². The number of methoxy groups -OCH3 is 1. The summed E-state index contributed by atoms with van der Waals surface area (Å²) in [5.74, 6) is -1.49. The Balaban J connectivity index is 2.68. The molecule has 6 nitrogen and oxygen atoms in total. The summed E-state index contributed by atoms with van der Waals surface area (Å²) in [5, 5.41) is 5.11.